The lowest BCUT2D eigenvalue weighted by atomic mass is 10.2. The lowest BCUT2D eigenvalue weighted by Crippen LogP contribution is -2.27. The Morgan fingerprint density at radius 1 is 1.00 bits per heavy atom. The molecule has 0 heterocycles. The smallest absolute Gasteiger partial charge is 0.338 e. The highest BCUT2D eigenvalue weighted by molar-refractivity contribution is 6.71. The minimum absolute atomic E-state index is 0.267. The second-order valence-electron chi connectivity index (χ2n) is 4.60. The molecular formula is C16H17O2Si. The third kappa shape index (κ3) is 3.55. The van der Waals surface area contributed by atoms with Gasteiger partial charge in [-0.3, -0.25) is 0 Å². The van der Waals surface area contributed by atoms with E-state index in [1.807, 2.05) is 36.4 Å². The van der Waals surface area contributed by atoms with Crippen molar-refractivity contribution in [2.24, 2.45) is 0 Å². The molecular weight excluding hydrogens is 252 g/mol. The van der Waals surface area contributed by atoms with Crippen molar-refractivity contribution in [1.29, 1.82) is 0 Å². The van der Waals surface area contributed by atoms with Crippen LogP contribution in [0.15, 0.2) is 54.6 Å². The van der Waals surface area contributed by atoms with Gasteiger partial charge in [0, 0.05) is 0 Å². The first-order valence-electron chi connectivity index (χ1n) is 6.29. The first-order valence-corrected chi connectivity index (χ1v) is 8.79. The highest BCUT2D eigenvalue weighted by Crippen LogP contribution is 2.06. The third-order valence-corrected chi connectivity index (χ3v) is 4.49. The van der Waals surface area contributed by atoms with Gasteiger partial charge in [0.2, 0.25) is 0 Å². The predicted molar refractivity (Wildman–Crippen MR) is 79.1 cm³/mol. The summed E-state index contributed by atoms with van der Waals surface area (Å²) < 4.78 is 5.38. The summed E-state index contributed by atoms with van der Waals surface area (Å²) >= 11 is 0. The van der Waals surface area contributed by atoms with E-state index in [9.17, 15) is 4.79 Å². The molecule has 97 valence electrons. The van der Waals surface area contributed by atoms with E-state index in [2.05, 4.69) is 19.2 Å². The van der Waals surface area contributed by atoms with Crippen LogP contribution in [0.2, 0.25) is 13.1 Å². The maximum absolute atomic E-state index is 11.9. The zero-order valence-corrected chi connectivity index (χ0v) is 12.2. The number of rotatable bonds is 4. The van der Waals surface area contributed by atoms with Gasteiger partial charge in [-0.05, 0) is 17.7 Å². The van der Waals surface area contributed by atoms with Crippen LogP contribution in [0.1, 0.15) is 15.9 Å². The third-order valence-electron chi connectivity index (χ3n) is 2.92. The molecule has 0 N–H and O–H groups in total. The lowest BCUT2D eigenvalue weighted by Gasteiger charge is -2.12. The average Bonchev–Trinajstić information content (AvgIpc) is 2.46. The van der Waals surface area contributed by atoms with Crippen molar-refractivity contribution in [3.8, 4) is 0 Å². The van der Waals surface area contributed by atoms with Crippen molar-refractivity contribution in [1.82, 2.24) is 0 Å². The molecule has 2 nitrogen and oxygen atoms in total. The van der Waals surface area contributed by atoms with Crippen molar-refractivity contribution < 1.29 is 9.53 Å². The maximum Gasteiger partial charge on any atom is 0.338 e. The van der Waals surface area contributed by atoms with Gasteiger partial charge in [-0.15, -0.1) is 0 Å². The number of hydrogen-bond acceptors (Lipinski definition) is 2. The average molecular weight is 269 g/mol. The van der Waals surface area contributed by atoms with Gasteiger partial charge >= 0.3 is 5.97 Å². The summed E-state index contributed by atoms with van der Waals surface area (Å²) in [5.41, 5.74) is 1.71. The van der Waals surface area contributed by atoms with Crippen LogP contribution < -0.4 is 5.19 Å². The van der Waals surface area contributed by atoms with E-state index in [1.165, 1.54) is 5.19 Å². The van der Waals surface area contributed by atoms with Crippen LogP contribution in [-0.4, -0.2) is 14.8 Å². The number of benzene rings is 2. The number of hydrogen-bond donors (Lipinski definition) is 0. The van der Waals surface area contributed by atoms with Crippen LogP contribution in [0.5, 0.6) is 0 Å². The molecule has 0 unspecified atom stereocenters. The van der Waals surface area contributed by atoms with Gasteiger partial charge in [0.1, 0.15) is 6.61 Å². The molecule has 3 heteroatoms. The van der Waals surface area contributed by atoms with E-state index in [0.29, 0.717) is 12.2 Å². The molecule has 0 aromatic heterocycles. The van der Waals surface area contributed by atoms with Crippen LogP contribution in [0.25, 0.3) is 0 Å². The fraction of sp³-hybridized carbons (Fsp3) is 0.188. The molecule has 0 atom stereocenters. The van der Waals surface area contributed by atoms with Gasteiger partial charge in [-0.25, -0.2) is 4.79 Å². The first kappa shape index (κ1) is 13.6. The summed E-state index contributed by atoms with van der Waals surface area (Å²) in [6, 6.07) is 17.3. The van der Waals surface area contributed by atoms with E-state index >= 15 is 0 Å². The number of carbonyl (C=O) groups is 1. The minimum Gasteiger partial charge on any atom is -0.457 e. The monoisotopic (exact) mass is 269 g/mol. The Morgan fingerprint density at radius 3 is 2.32 bits per heavy atom. The topological polar surface area (TPSA) is 26.3 Å². The SMILES string of the molecule is C[Si](C)c1ccccc1COC(=O)c1ccccc1. The zero-order chi connectivity index (χ0) is 13.7. The zero-order valence-electron chi connectivity index (χ0n) is 11.2. The molecule has 0 amide bonds. The molecule has 1 radical (unpaired) electrons. The Balaban J connectivity index is 2.05. The maximum atomic E-state index is 11.9. The molecule has 0 fully saturated rings. The second-order valence-corrected chi connectivity index (χ2v) is 7.14. The fourth-order valence-electron chi connectivity index (χ4n) is 1.93. The Morgan fingerprint density at radius 2 is 1.63 bits per heavy atom. The molecule has 0 aliphatic rings. The van der Waals surface area contributed by atoms with Crippen molar-refractivity contribution >= 4 is 20.0 Å². The fourth-order valence-corrected chi connectivity index (χ4v) is 3.16. The minimum atomic E-state index is -0.544. The van der Waals surface area contributed by atoms with E-state index in [0.717, 1.165) is 5.56 Å². The van der Waals surface area contributed by atoms with E-state index in [4.69, 9.17) is 4.74 Å². The van der Waals surface area contributed by atoms with Gasteiger partial charge in [0.05, 0.1) is 14.4 Å². The van der Waals surface area contributed by atoms with E-state index in [1.54, 1.807) is 12.1 Å². The summed E-state index contributed by atoms with van der Waals surface area (Å²) in [6.07, 6.45) is 0. The largest absolute Gasteiger partial charge is 0.457 e. The highest BCUT2D eigenvalue weighted by atomic mass is 28.3. The summed E-state index contributed by atoms with van der Waals surface area (Å²) in [6.45, 7) is 4.82. The molecule has 0 aliphatic carbocycles. The normalized spacial score (nSPS) is 10.5. The molecule has 0 aliphatic heterocycles. The summed E-state index contributed by atoms with van der Waals surface area (Å²) in [4.78, 5) is 11.9. The number of carbonyl (C=O) groups excluding carboxylic acids is 1. The summed E-state index contributed by atoms with van der Waals surface area (Å²) in [5.74, 6) is -0.267. The Kier molecular flexibility index (Phi) is 4.52. The standard InChI is InChI=1S/C16H17O2Si/c1-19(2)15-11-7-6-10-14(15)12-18-16(17)13-8-4-3-5-9-13/h3-11H,12H2,1-2H3. The van der Waals surface area contributed by atoms with Crippen LogP contribution in [0.3, 0.4) is 0 Å². The second kappa shape index (κ2) is 6.34. The molecule has 2 aromatic carbocycles. The highest BCUT2D eigenvalue weighted by Gasteiger charge is 2.10. The van der Waals surface area contributed by atoms with Crippen molar-refractivity contribution in [2.45, 2.75) is 19.7 Å². The molecule has 0 bridgehead atoms. The van der Waals surface area contributed by atoms with Crippen molar-refractivity contribution in [3.63, 3.8) is 0 Å². The van der Waals surface area contributed by atoms with Crippen LogP contribution >= 0.6 is 0 Å². The van der Waals surface area contributed by atoms with E-state index < -0.39 is 8.80 Å². The van der Waals surface area contributed by atoms with Crippen LogP contribution in [0, 0.1) is 0 Å². The summed E-state index contributed by atoms with van der Waals surface area (Å²) in [5, 5.41) is 1.33. The molecule has 0 spiro atoms. The van der Waals surface area contributed by atoms with E-state index in [-0.39, 0.29) is 5.97 Å². The predicted octanol–water partition coefficient (Wildman–Crippen LogP) is 3.01. The van der Waals surface area contributed by atoms with Gasteiger partial charge in [0.25, 0.3) is 0 Å². The Hall–Kier alpha value is -1.87. The first-order chi connectivity index (χ1) is 9.18. The molecule has 19 heavy (non-hydrogen) atoms. The quantitative estimate of drug-likeness (QED) is 0.630. The number of esters is 1. The molecule has 0 saturated heterocycles. The Labute approximate surface area is 115 Å². The van der Waals surface area contributed by atoms with Crippen LogP contribution in [-0.2, 0) is 11.3 Å². The van der Waals surface area contributed by atoms with Gasteiger partial charge in [-0.2, -0.15) is 0 Å². The van der Waals surface area contributed by atoms with Gasteiger partial charge < -0.3 is 4.74 Å². The van der Waals surface area contributed by atoms with Gasteiger partial charge in [0.15, 0.2) is 0 Å². The van der Waals surface area contributed by atoms with Crippen LogP contribution in [0.4, 0.5) is 0 Å². The molecule has 0 saturated carbocycles. The molecule has 2 rings (SSSR count). The van der Waals surface area contributed by atoms with Gasteiger partial charge in [-0.1, -0.05) is 60.7 Å². The van der Waals surface area contributed by atoms with Crippen molar-refractivity contribution in [3.05, 3.63) is 65.7 Å². The molecule has 2 aromatic rings. The van der Waals surface area contributed by atoms with Crippen molar-refractivity contribution in [2.75, 3.05) is 0 Å². The lowest BCUT2D eigenvalue weighted by molar-refractivity contribution is 0.0474. The Bertz CT molecular complexity index is 550. The summed E-state index contributed by atoms with van der Waals surface area (Å²) in [7, 11) is -0.544. The number of ether oxygens (including phenoxy) is 1.